The van der Waals surface area contributed by atoms with Crippen molar-refractivity contribution in [2.45, 2.75) is 253 Å². The summed E-state index contributed by atoms with van der Waals surface area (Å²) in [5.41, 5.74) is 0. The fourth-order valence-electron chi connectivity index (χ4n) is 7.81. The average Bonchev–Trinajstić information content (AvgIpc) is 3.17. The van der Waals surface area contributed by atoms with Gasteiger partial charge in [-0.1, -0.05) is 176 Å². The van der Waals surface area contributed by atoms with Gasteiger partial charge in [0, 0.05) is 26.0 Å². The lowest BCUT2D eigenvalue weighted by molar-refractivity contribution is -0.146. The monoisotopic (exact) mass is 780 g/mol. The molecule has 0 rings (SSSR count). The molecule has 0 amide bonds. The summed E-state index contributed by atoms with van der Waals surface area (Å²) in [4.78, 5) is 27.4. The largest absolute Gasteiger partial charge is 0.466 e. The molecule has 6 heteroatoms. The molecule has 6 nitrogen and oxygen atoms in total. The van der Waals surface area contributed by atoms with Crippen LogP contribution in [0.1, 0.15) is 247 Å². The van der Waals surface area contributed by atoms with Crippen LogP contribution in [0.3, 0.4) is 0 Å². The number of rotatable bonds is 44. The molecule has 55 heavy (non-hydrogen) atoms. The SMILES string of the molecule is CCCCCC(CCCCC)CC(=O)OCCCCCCCCC(CCCCCCCCOC(=O)CC(CCCCC)CCCCC)OCCCN(C)CC. The maximum absolute atomic E-state index is 12.5. The van der Waals surface area contributed by atoms with Gasteiger partial charge in [0.25, 0.3) is 0 Å². The molecule has 0 saturated heterocycles. The number of ether oxygens (including phenoxy) is 3. The lowest BCUT2D eigenvalue weighted by Crippen LogP contribution is -2.21. The Morgan fingerprint density at radius 3 is 1.13 bits per heavy atom. The molecule has 0 spiro atoms. The first kappa shape index (κ1) is 53.9. The van der Waals surface area contributed by atoms with E-state index in [1.54, 1.807) is 0 Å². The molecule has 0 fully saturated rings. The maximum atomic E-state index is 12.5. The summed E-state index contributed by atoms with van der Waals surface area (Å²) in [6.45, 7) is 15.4. The van der Waals surface area contributed by atoms with E-state index in [9.17, 15) is 9.59 Å². The number of unbranched alkanes of at least 4 members (excludes halogenated alkanes) is 18. The summed E-state index contributed by atoms with van der Waals surface area (Å²) >= 11 is 0. The molecule has 328 valence electrons. The van der Waals surface area contributed by atoms with Gasteiger partial charge in [-0.05, 0) is 83.2 Å². The van der Waals surface area contributed by atoms with E-state index in [2.05, 4.69) is 46.6 Å². The van der Waals surface area contributed by atoms with Crippen LogP contribution in [0.5, 0.6) is 0 Å². The Kier molecular flexibility index (Phi) is 41.6. The van der Waals surface area contributed by atoms with E-state index < -0.39 is 0 Å². The number of carbonyl (C=O) groups excluding carboxylic acids is 2. The highest BCUT2D eigenvalue weighted by Gasteiger charge is 2.16. The van der Waals surface area contributed by atoms with Crippen molar-refractivity contribution in [1.29, 1.82) is 0 Å². The summed E-state index contributed by atoms with van der Waals surface area (Å²) in [5, 5.41) is 0. The lowest BCUT2D eigenvalue weighted by Gasteiger charge is -2.19. The van der Waals surface area contributed by atoms with Crippen LogP contribution in [-0.2, 0) is 23.8 Å². The first-order valence-corrected chi connectivity index (χ1v) is 24.5. The van der Waals surface area contributed by atoms with Crippen LogP contribution in [-0.4, -0.2) is 62.9 Å². The molecule has 0 bridgehead atoms. The van der Waals surface area contributed by atoms with Gasteiger partial charge in [0.05, 0.1) is 19.3 Å². The van der Waals surface area contributed by atoms with Crippen LogP contribution in [0.4, 0.5) is 0 Å². The van der Waals surface area contributed by atoms with Crippen molar-refractivity contribution < 1.29 is 23.8 Å². The predicted octanol–water partition coefficient (Wildman–Crippen LogP) is 14.6. The van der Waals surface area contributed by atoms with Crippen LogP contribution >= 0.6 is 0 Å². The van der Waals surface area contributed by atoms with Crippen molar-refractivity contribution in [3.63, 3.8) is 0 Å². The van der Waals surface area contributed by atoms with Crippen LogP contribution in [0, 0.1) is 11.8 Å². The molecule has 0 atom stereocenters. The summed E-state index contributed by atoms with van der Waals surface area (Å²) in [6, 6.07) is 0. The van der Waals surface area contributed by atoms with E-state index in [0.717, 1.165) is 51.8 Å². The zero-order chi connectivity index (χ0) is 40.5. The molecule has 0 saturated carbocycles. The Labute approximate surface area is 344 Å². The molecular weight excluding hydrogens is 683 g/mol. The lowest BCUT2D eigenvalue weighted by atomic mass is 9.92. The zero-order valence-electron chi connectivity index (χ0n) is 38.1. The highest BCUT2D eigenvalue weighted by atomic mass is 16.5. The third-order valence-corrected chi connectivity index (χ3v) is 11.7. The fraction of sp³-hybridized carbons (Fsp3) is 0.959. The third kappa shape index (κ3) is 38.2. The summed E-state index contributed by atoms with van der Waals surface area (Å²) in [7, 11) is 2.19. The molecule has 0 aliphatic rings. The Hall–Kier alpha value is -1.14. The van der Waals surface area contributed by atoms with Crippen molar-refractivity contribution in [2.75, 3.05) is 40.0 Å². The minimum atomic E-state index is 0.0257. The second-order valence-corrected chi connectivity index (χ2v) is 17.1. The number of carbonyl (C=O) groups is 2. The van der Waals surface area contributed by atoms with Gasteiger partial charge >= 0.3 is 11.9 Å². The number of hydrogen-bond donors (Lipinski definition) is 0. The Bertz CT molecular complexity index is 730. The molecular formula is C49H97NO5. The van der Waals surface area contributed by atoms with Crippen molar-refractivity contribution in [1.82, 2.24) is 4.90 Å². The van der Waals surface area contributed by atoms with E-state index in [-0.39, 0.29) is 11.9 Å². The second-order valence-electron chi connectivity index (χ2n) is 17.1. The number of hydrogen-bond acceptors (Lipinski definition) is 6. The van der Waals surface area contributed by atoms with Gasteiger partial charge in [0.15, 0.2) is 0 Å². The molecule has 0 aliphatic heterocycles. The van der Waals surface area contributed by atoms with Gasteiger partial charge in [-0.25, -0.2) is 0 Å². The predicted molar refractivity (Wildman–Crippen MR) is 237 cm³/mol. The van der Waals surface area contributed by atoms with Crippen LogP contribution in [0.2, 0.25) is 0 Å². The van der Waals surface area contributed by atoms with Crippen molar-refractivity contribution in [3.8, 4) is 0 Å². The fourth-order valence-corrected chi connectivity index (χ4v) is 7.81. The minimum Gasteiger partial charge on any atom is -0.466 e. The smallest absolute Gasteiger partial charge is 0.306 e. The zero-order valence-corrected chi connectivity index (χ0v) is 38.1. The molecule has 0 N–H and O–H groups in total. The van der Waals surface area contributed by atoms with E-state index in [1.165, 1.54) is 167 Å². The van der Waals surface area contributed by atoms with Crippen LogP contribution in [0.15, 0.2) is 0 Å². The maximum Gasteiger partial charge on any atom is 0.306 e. The minimum absolute atomic E-state index is 0.0257. The average molecular weight is 780 g/mol. The van der Waals surface area contributed by atoms with Crippen molar-refractivity contribution in [3.05, 3.63) is 0 Å². The van der Waals surface area contributed by atoms with Crippen LogP contribution < -0.4 is 0 Å². The van der Waals surface area contributed by atoms with Gasteiger partial charge in [0.2, 0.25) is 0 Å². The van der Waals surface area contributed by atoms with Crippen molar-refractivity contribution >= 4 is 11.9 Å². The van der Waals surface area contributed by atoms with Gasteiger partial charge in [-0.3, -0.25) is 9.59 Å². The summed E-state index contributed by atoms with van der Waals surface area (Å²) in [5.74, 6) is 1.07. The number of nitrogens with zero attached hydrogens (tertiary/aromatic N) is 1. The standard InChI is InChI=1S/C49H97NO5/c1-7-12-24-33-45(34-25-13-8-2)43-48(51)54-40-30-22-18-16-20-28-37-47(53-42-32-39-50(6)11-5)38-29-21-17-19-23-31-41-55-49(52)44-46(35-26-14-9-3)36-27-15-10-4/h45-47H,7-44H2,1-6H3. The van der Waals surface area contributed by atoms with Gasteiger partial charge in [-0.15, -0.1) is 0 Å². The molecule has 0 heterocycles. The Morgan fingerprint density at radius 1 is 0.418 bits per heavy atom. The molecule has 0 aromatic rings. The first-order valence-electron chi connectivity index (χ1n) is 24.5. The highest BCUT2D eigenvalue weighted by molar-refractivity contribution is 5.70. The summed E-state index contributed by atoms with van der Waals surface area (Å²) < 4.78 is 17.8. The van der Waals surface area contributed by atoms with E-state index in [4.69, 9.17) is 14.2 Å². The van der Waals surface area contributed by atoms with Gasteiger partial charge in [0.1, 0.15) is 0 Å². The normalized spacial score (nSPS) is 11.8. The molecule has 0 aromatic heterocycles. The first-order chi connectivity index (χ1) is 26.9. The van der Waals surface area contributed by atoms with Crippen LogP contribution in [0.25, 0.3) is 0 Å². The van der Waals surface area contributed by atoms with E-state index in [1.807, 2.05) is 0 Å². The second kappa shape index (κ2) is 42.5. The molecule has 0 aromatic carbocycles. The van der Waals surface area contributed by atoms with E-state index >= 15 is 0 Å². The van der Waals surface area contributed by atoms with E-state index in [0.29, 0.717) is 44.0 Å². The Morgan fingerprint density at radius 2 is 0.764 bits per heavy atom. The van der Waals surface area contributed by atoms with Gasteiger partial charge in [-0.2, -0.15) is 0 Å². The molecule has 0 unspecified atom stereocenters. The number of esters is 2. The highest BCUT2D eigenvalue weighted by Crippen LogP contribution is 2.23. The molecule has 0 aliphatic carbocycles. The summed E-state index contributed by atoms with van der Waals surface area (Å²) in [6.07, 6.45) is 39.0. The topological polar surface area (TPSA) is 65.1 Å². The van der Waals surface area contributed by atoms with Crippen molar-refractivity contribution in [2.24, 2.45) is 11.8 Å². The van der Waals surface area contributed by atoms with Gasteiger partial charge < -0.3 is 19.1 Å². The third-order valence-electron chi connectivity index (χ3n) is 11.7. The Balaban J connectivity index is 4.21. The quantitative estimate of drug-likeness (QED) is 0.0453. The molecule has 0 radical (unpaired) electrons.